The molecule has 1 unspecified atom stereocenters. The number of amides is 2. The largest absolute Gasteiger partial charge is 0.370 e. The highest BCUT2D eigenvalue weighted by atomic mass is 16.2. The zero-order valence-corrected chi connectivity index (χ0v) is 13.3. The van der Waals surface area contributed by atoms with E-state index in [4.69, 9.17) is 11.5 Å². The minimum Gasteiger partial charge on any atom is -0.370 e. The molecule has 0 aromatic heterocycles. The number of carbonyl (C=O) groups is 2. The molecule has 6 nitrogen and oxygen atoms in total. The van der Waals surface area contributed by atoms with Crippen molar-refractivity contribution in [2.45, 2.75) is 39.4 Å². The first-order valence-electron chi connectivity index (χ1n) is 7.58. The van der Waals surface area contributed by atoms with Gasteiger partial charge in [0.1, 0.15) is 0 Å². The summed E-state index contributed by atoms with van der Waals surface area (Å²) in [5.74, 6) is -0.943. The molecule has 0 saturated heterocycles. The SMILES string of the molecule is CCN(CC)Cc1ccccc1CNC(=O)C(N)CC(N)=O. The summed E-state index contributed by atoms with van der Waals surface area (Å²) in [4.78, 5) is 24.9. The fourth-order valence-corrected chi connectivity index (χ4v) is 2.20. The Morgan fingerprint density at radius 2 is 1.77 bits per heavy atom. The first kappa shape index (κ1) is 18.1. The molecule has 0 aliphatic rings. The molecule has 6 heteroatoms. The van der Waals surface area contributed by atoms with Gasteiger partial charge in [-0.2, -0.15) is 0 Å². The second-order valence-electron chi connectivity index (χ2n) is 5.22. The average Bonchev–Trinajstić information content (AvgIpc) is 2.50. The predicted molar refractivity (Wildman–Crippen MR) is 86.7 cm³/mol. The van der Waals surface area contributed by atoms with Gasteiger partial charge >= 0.3 is 0 Å². The number of primary amides is 1. The molecular formula is C16H26N4O2. The Morgan fingerprint density at radius 3 is 2.32 bits per heavy atom. The van der Waals surface area contributed by atoms with E-state index < -0.39 is 11.9 Å². The molecule has 0 radical (unpaired) electrons. The van der Waals surface area contributed by atoms with Crippen LogP contribution in [0.3, 0.4) is 0 Å². The molecule has 0 aliphatic carbocycles. The number of nitrogens with zero attached hydrogens (tertiary/aromatic N) is 1. The van der Waals surface area contributed by atoms with E-state index in [1.54, 1.807) is 0 Å². The van der Waals surface area contributed by atoms with Crippen molar-refractivity contribution < 1.29 is 9.59 Å². The van der Waals surface area contributed by atoms with Gasteiger partial charge in [0.25, 0.3) is 0 Å². The minimum absolute atomic E-state index is 0.146. The fourth-order valence-electron chi connectivity index (χ4n) is 2.20. The normalized spacial score (nSPS) is 12.2. The third-order valence-corrected chi connectivity index (χ3v) is 3.62. The van der Waals surface area contributed by atoms with Crippen molar-refractivity contribution in [1.29, 1.82) is 0 Å². The van der Waals surface area contributed by atoms with Crippen LogP contribution in [0.1, 0.15) is 31.4 Å². The Morgan fingerprint density at radius 1 is 1.18 bits per heavy atom. The number of nitrogens with two attached hydrogens (primary N) is 2. The summed E-state index contributed by atoms with van der Waals surface area (Å²) in [6.45, 7) is 7.42. The second kappa shape index (κ2) is 9.17. The third-order valence-electron chi connectivity index (χ3n) is 3.62. The molecule has 22 heavy (non-hydrogen) atoms. The van der Waals surface area contributed by atoms with Gasteiger partial charge in [-0.3, -0.25) is 14.5 Å². The van der Waals surface area contributed by atoms with Crippen LogP contribution in [-0.2, 0) is 22.7 Å². The van der Waals surface area contributed by atoms with Gasteiger partial charge in [0.05, 0.1) is 12.5 Å². The number of benzene rings is 1. The maximum atomic E-state index is 11.8. The Kier molecular flexibility index (Phi) is 7.56. The fraction of sp³-hybridized carbons (Fsp3) is 0.500. The highest BCUT2D eigenvalue weighted by molar-refractivity contribution is 5.87. The van der Waals surface area contributed by atoms with Crippen LogP contribution >= 0.6 is 0 Å². The van der Waals surface area contributed by atoms with E-state index in [0.29, 0.717) is 6.54 Å². The average molecular weight is 306 g/mol. The molecule has 0 bridgehead atoms. The van der Waals surface area contributed by atoms with Crippen molar-refractivity contribution in [3.8, 4) is 0 Å². The lowest BCUT2D eigenvalue weighted by Crippen LogP contribution is -2.42. The molecule has 0 fully saturated rings. The van der Waals surface area contributed by atoms with Crippen LogP contribution < -0.4 is 16.8 Å². The molecule has 0 spiro atoms. The molecule has 1 aromatic rings. The van der Waals surface area contributed by atoms with E-state index in [0.717, 1.165) is 25.2 Å². The lowest BCUT2D eigenvalue weighted by molar-refractivity contribution is -0.126. The van der Waals surface area contributed by atoms with Crippen LogP contribution in [0.4, 0.5) is 0 Å². The molecule has 0 aliphatic heterocycles. The van der Waals surface area contributed by atoms with Crippen LogP contribution in [0.25, 0.3) is 0 Å². The van der Waals surface area contributed by atoms with Gasteiger partial charge in [-0.15, -0.1) is 0 Å². The second-order valence-corrected chi connectivity index (χ2v) is 5.22. The van der Waals surface area contributed by atoms with E-state index in [1.807, 2.05) is 18.2 Å². The summed E-state index contributed by atoms with van der Waals surface area (Å²) in [6, 6.07) is 7.08. The van der Waals surface area contributed by atoms with Crippen LogP contribution in [0.15, 0.2) is 24.3 Å². The number of carbonyl (C=O) groups excluding carboxylic acids is 2. The van der Waals surface area contributed by atoms with Crippen LogP contribution in [0, 0.1) is 0 Å². The number of hydrogen-bond donors (Lipinski definition) is 3. The molecular weight excluding hydrogens is 280 g/mol. The van der Waals surface area contributed by atoms with Crippen molar-refractivity contribution >= 4 is 11.8 Å². The van der Waals surface area contributed by atoms with Gasteiger partial charge in [-0.1, -0.05) is 38.1 Å². The van der Waals surface area contributed by atoms with Crippen molar-refractivity contribution in [2.75, 3.05) is 13.1 Å². The summed E-state index contributed by atoms with van der Waals surface area (Å²) in [7, 11) is 0. The van der Waals surface area contributed by atoms with Crippen LogP contribution in [0.5, 0.6) is 0 Å². The Bertz CT molecular complexity index is 501. The molecule has 122 valence electrons. The smallest absolute Gasteiger partial charge is 0.237 e. The van der Waals surface area contributed by atoms with E-state index in [-0.39, 0.29) is 12.3 Å². The Balaban J connectivity index is 2.66. The Labute approximate surface area is 131 Å². The van der Waals surface area contributed by atoms with Gasteiger partial charge in [0.15, 0.2) is 0 Å². The topological polar surface area (TPSA) is 101 Å². The van der Waals surface area contributed by atoms with E-state index in [9.17, 15) is 9.59 Å². The zero-order chi connectivity index (χ0) is 16.5. The first-order valence-corrected chi connectivity index (χ1v) is 7.58. The lowest BCUT2D eigenvalue weighted by Gasteiger charge is -2.20. The third kappa shape index (κ3) is 5.83. The van der Waals surface area contributed by atoms with E-state index in [2.05, 4.69) is 30.1 Å². The molecule has 5 N–H and O–H groups in total. The van der Waals surface area contributed by atoms with Crippen molar-refractivity contribution in [2.24, 2.45) is 11.5 Å². The van der Waals surface area contributed by atoms with Gasteiger partial charge in [0.2, 0.25) is 11.8 Å². The van der Waals surface area contributed by atoms with E-state index >= 15 is 0 Å². The molecule has 1 atom stereocenters. The zero-order valence-electron chi connectivity index (χ0n) is 13.3. The first-order chi connectivity index (χ1) is 10.5. The monoisotopic (exact) mass is 306 g/mol. The van der Waals surface area contributed by atoms with Crippen molar-refractivity contribution in [3.63, 3.8) is 0 Å². The summed E-state index contributed by atoms with van der Waals surface area (Å²) in [5, 5.41) is 2.76. The maximum absolute atomic E-state index is 11.8. The molecule has 1 rings (SSSR count). The van der Waals surface area contributed by atoms with Gasteiger partial charge in [0, 0.05) is 13.1 Å². The van der Waals surface area contributed by atoms with Gasteiger partial charge in [-0.25, -0.2) is 0 Å². The summed E-state index contributed by atoms with van der Waals surface area (Å²) in [5.41, 5.74) is 12.9. The predicted octanol–water partition coefficient (Wildman–Crippen LogP) is 0.347. The van der Waals surface area contributed by atoms with Crippen LogP contribution in [0.2, 0.25) is 0 Å². The molecule has 0 heterocycles. The van der Waals surface area contributed by atoms with Gasteiger partial charge < -0.3 is 16.8 Å². The number of hydrogen-bond acceptors (Lipinski definition) is 4. The standard InChI is InChI=1S/C16H26N4O2/c1-3-20(4-2)11-13-8-6-5-7-12(13)10-19-16(22)14(17)9-15(18)21/h5-8,14H,3-4,9-11,17H2,1-2H3,(H2,18,21)(H,19,22). The highest BCUT2D eigenvalue weighted by Gasteiger charge is 2.16. The quantitative estimate of drug-likeness (QED) is 0.612. The van der Waals surface area contributed by atoms with Crippen molar-refractivity contribution in [3.05, 3.63) is 35.4 Å². The number of nitrogens with one attached hydrogen (secondary N) is 1. The summed E-state index contributed by atoms with van der Waals surface area (Å²) >= 11 is 0. The summed E-state index contributed by atoms with van der Waals surface area (Å²) in [6.07, 6.45) is -0.146. The molecule has 2 amide bonds. The van der Waals surface area contributed by atoms with E-state index in [1.165, 1.54) is 5.56 Å². The lowest BCUT2D eigenvalue weighted by atomic mass is 10.1. The van der Waals surface area contributed by atoms with Crippen LogP contribution in [-0.4, -0.2) is 35.8 Å². The maximum Gasteiger partial charge on any atom is 0.237 e. The van der Waals surface area contributed by atoms with Crippen molar-refractivity contribution in [1.82, 2.24) is 10.2 Å². The summed E-state index contributed by atoms with van der Waals surface area (Å²) < 4.78 is 0. The van der Waals surface area contributed by atoms with Gasteiger partial charge in [-0.05, 0) is 24.2 Å². The number of rotatable bonds is 9. The highest BCUT2D eigenvalue weighted by Crippen LogP contribution is 2.11. The molecule has 1 aromatic carbocycles. The Hall–Kier alpha value is -1.92. The molecule has 0 saturated carbocycles. The minimum atomic E-state index is -0.896.